The highest BCUT2D eigenvalue weighted by Crippen LogP contribution is 2.28. The van der Waals surface area contributed by atoms with Crippen molar-refractivity contribution in [1.82, 2.24) is 14.5 Å². The molecule has 8 heteroatoms. The van der Waals surface area contributed by atoms with Gasteiger partial charge in [-0.2, -0.15) is 0 Å². The Bertz CT molecular complexity index is 886. The van der Waals surface area contributed by atoms with Crippen LogP contribution in [0.4, 0.5) is 5.13 Å². The smallest absolute Gasteiger partial charge is 0.239 e. The summed E-state index contributed by atoms with van der Waals surface area (Å²) in [6, 6.07) is 7.85. The SMILES string of the molecule is COCCn1c(S[C@@H](C)C(=O)Nc2nc3ccccc3s2)nc(C)c1C. The van der Waals surface area contributed by atoms with E-state index in [1.807, 2.05) is 45.0 Å². The van der Waals surface area contributed by atoms with Gasteiger partial charge in [-0.05, 0) is 32.9 Å². The van der Waals surface area contributed by atoms with Crippen LogP contribution in [-0.4, -0.2) is 39.4 Å². The number of imidazole rings is 1. The van der Waals surface area contributed by atoms with Crippen molar-refractivity contribution < 1.29 is 9.53 Å². The van der Waals surface area contributed by atoms with Gasteiger partial charge in [0.15, 0.2) is 10.3 Å². The quantitative estimate of drug-likeness (QED) is 0.620. The number of thiazole rings is 1. The summed E-state index contributed by atoms with van der Waals surface area (Å²) in [6.45, 7) is 7.23. The number of nitrogens with one attached hydrogen (secondary N) is 1. The first-order valence-electron chi connectivity index (χ1n) is 8.35. The van der Waals surface area contributed by atoms with Crippen molar-refractivity contribution >= 4 is 44.4 Å². The van der Waals surface area contributed by atoms with Crippen molar-refractivity contribution in [1.29, 1.82) is 0 Å². The number of amides is 1. The van der Waals surface area contributed by atoms with Gasteiger partial charge in [0.1, 0.15) is 0 Å². The highest BCUT2D eigenvalue weighted by Gasteiger charge is 2.20. The number of carbonyl (C=O) groups excluding carboxylic acids is 1. The third kappa shape index (κ3) is 4.08. The van der Waals surface area contributed by atoms with Crippen LogP contribution in [0.5, 0.6) is 0 Å². The summed E-state index contributed by atoms with van der Waals surface area (Å²) in [5, 5.41) is 4.09. The van der Waals surface area contributed by atoms with Gasteiger partial charge >= 0.3 is 0 Å². The van der Waals surface area contributed by atoms with Crippen LogP contribution in [-0.2, 0) is 16.1 Å². The van der Waals surface area contributed by atoms with Crippen LogP contribution in [0.2, 0.25) is 0 Å². The Morgan fingerprint density at radius 2 is 2.12 bits per heavy atom. The van der Waals surface area contributed by atoms with E-state index in [4.69, 9.17) is 4.74 Å². The summed E-state index contributed by atoms with van der Waals surface area (Å²) in [4.78, 5) is 21.6. The molecule has 2 heterocycles. The van der Waals surface area contributed by atoms with Gasteiger partial charge in [0, 0.05) is 19.3 Å². The molecule has 0 aliphatic carbocycles. The van der Waals surface area contributed by atoms with Crippen molar-refractivity contribution in [2.24, 2.45) is 0 Å². The molecule has 2 aromatic heterocycles. The number of methoxy groups -OCH3 is 1. The summed E-state index contributed by atoms with van der Waals surface area (Å²) in [7, 11) is 1.68. The number of hydrogen-bond donors (Lipinski definition) is 1. The highest BCUT2D eigenvalue weighted by molar-refractivity contribution is 8.00. The van der Waals surface area contributed by atoms with E-state index in [1.165, 1.54) is 23.1 Å². The van der Waals surface area contributed by atoms with E-state index in [0.717, 1.165) is 33.3 Å². The van der Waals surface area contributed by atoms with E-state index in [-0.39, 0.29) is 11.2 Å². The first-order chi connectivity index (χ1) is 12.5. The van der Waals surface area contributed by atoms with Crippen LogP contribution in [0.1, 0.15) is 18.3 Å². The van der Waals surface area contributed by atoms with Crippen LogP contribution in [0.3, 0.4) is 0 Å². The predicted molar refractivity (Wildman–Crippen MR) is 107 cm³/mol. The Kier molecular flexibility index (Phi) is 5.95. The zero-order chi connectivity index (χ0) is 18.7. The van der Waals surface area contributed by atoms with Gasteiger partial charge in [-0.1, -0.05) is 35.2 Å². The largest absolute Gasteiger partial charge is 0.383 e. The van der Waals surface area contributed by atoms with Crippen molar-refractivity contribution in [3.05, 3.63) is 35.7 Å². The number of aryl methyl sites for hydroxylation is 1. The number of benzene rings is 1. The van der Waals surface area contributed by atoms with Crippen molar-refractivity contribution in [2.75, 3.05) is 19.0 Å². The number of para-hydroxylation sites is 1. The normalized spacial score (nSPS) is 12.5. The van der Waals surface area contributed by atoms with Crippen LogP contribution in [0.25, 0.3) is 10.2 Å². The number of ether oxygens (including phenoxy) is 1. The maximum atomic E-state index is 12.6. The highest BCUT2D eigenvalue weighted by atomic mass is 32.2. The van der Waals surface area contributed by atoms with Gasteiger partial charge in [0.25, 0.3) is 0 Å². The summed E-state index contributed by atoms with van der Waals surface area (Å²) in [5.41, 5.74) is 2.97. The lowest BCUT2D eigenvalue weighted by molar-refractivity contribution is -0.115. The Hall–Kier alpha value is -1.90. The molecule has 1 aromatic carbocycles. The standard InChI is InChI=1S/C18H22N4O2S2/c1-11-12(2)22(9-10-24-4)18(19-11)25-13(3)16(23)21-17-20-14-7-5-6-8-15(14)26-17/h5-8,13H,9-10H2,1-4H3,(H,20,21,23)/t13-/m0/s1. The Balaban J connectivity index is 1.70. The number of hydrogen-bond acceptors (Lipinski definition) is 6. The summed E-state index contributed by atoms with van der Waals surface area (Å²) in [5.74, 6) is -0.0781. The average molecular weight is 391 g/mol. The van der Waals surface area contributed by atoms with Crippen LogP contribution in [0, 0.1) is 13.8 Å². The fourth-order valence-electron chi connectivity index (χ4n) is 2.50. The van der Waals surface area contributed by atoms with Crippen molar-refractivity contribution in [3.63, 3.8) is 0 Å². The predicted octanol–water partition coefficient (Wildman–Crippen LogP) is 3.88. The molecule has 26 heavy (non-hydrogen) atoms. The third-order valence-electron chi connectivity index (χ3n) is 4.12. The molecule has 0 saturated heterocycles. The van der Waals surface area contributed by atoms with E-state index in [0.29, 0.717) is 11.7 Å². The number of fused-ring (bicyclic) bond motifs is 1. The van der Waals surface area contributed by atoms with Crippen LogP contribution in [0.15, 0.2) is 29.4 Å². The molecule has 6 nitrogen and oxygen atoms in total. The van der Waals surface area contributed by atoms with Gasteiger partial charge in [-0.25, -0.2) is 9.97 Å². The minimum Gasteiger partial charge on any atom is -0.383 e. The zero-order valence-electron chi connectivity index (χ0n) is 15.3. The molecule has 0 spiro atoms. The molecule has 0 unspecified atom stereocenters. The molecule has 1 amide bonds. The maximum absolute atomic E-state index is 12.6. The molecule has 1 N–H and O–H groups in total. The second kappa shape index (κ2) is 8.20. The molecule has 138 valence electrons. The molecular formula is C18H22N4O2S2. The summed E-state index contributed by atoms with van der Waals surface area (Å²) >= 11 is 2.93. The molecule has 3 rings (SSSR count). The number of aromatic nitrogens is 3. The van der Waals surface area contributed by atoms with Crippen LogP contribution >= 0.6 is 23.1 Å². The third-order valence-corrected chi connectivity index (χ3v) is 6.16. The lowest BCUT2D eigenvalue weighted by Crippen LogP contribution is -2.23. The number of rotatable bonds is 7. The zero-order valence-corrected chi connectivity index (χ0v) is 16.9. The molecule has 0 radical (unpaired) electrons. The molecular weight excluding hydrogens is 368 g/mol. The second-order valence-electron chi connectivity index (χ2n) is 5.95. The Morgan fingerprint density at radius 1 is 1.35 bits per heavy atom. The Morgan fingerprint density at radius 3 is 2.85 bits per heavy atom. The molecule has 0 aliphatic heterocycles. The van der Waals surface area contributed by atoms with Gasteiger partial charge in [0.05, 0.1) is 27.8 Å². The minimum atomic E-state index is -0.287. The average Bonchev–Trinajstić information content (AvgIpc) is 3.14. The van der Waals surface area contributed by atoms with Crippen LogP contribution < -0.4 is 5.32 Å². The molecule has 1 atom stereocenters. The number of nitrogens with zero attached hydrogens (tertiary/aromatic N) is 3. The van der Waals surface area contributed by atoms with E-state index < -0.39 is 0 Å². The monoisotopic (exact) mass is 390 g/mol. The first-order valence-corrected chi connectivity index (χ1v) is 10.0. The maximum Gasteiger partial charge on any atom is 0.239 e. The van der Waals surface area contributed by atoms with Crippen molar-refractivity contribution in [3.8, 4) is 0 Å². The summed E-state index contributed by atoms with van der Waals surface area (Å²) in [6.07, 6.45) is 0. The molecule has 0 saturated carbocycles. The number of anilines is 1. The fourth-order valence-corrected chi connectivity index (χ4v) is 4.40. The lowest BCUT2D eigenvalue weighted by atomic mass is 10.3. The Labute approximate surface area is 161 Å². The molecule has 3 aromatic rings. The second-order valence-corrected chi connectivity index (χ2v) is 8.28. The van der Waals surface area contributed by atoms with Gasteiger partial charge in [-0.15, -0.1) is 0 Å². The van der Waals surface area contributed by atoms with E-state index in [2.05, 4.69) is 19.9 Å². The number of thioether (sulfide) groups is 1. The fraction of sp³-hybridized carbons (Fsp3) is 0.389. The van der Waals surface area contributed by atoms with Gasteiger partial charge in [-0.3, -0.25) is 4.79 Å². The van der Waals surface area contributed by atoms with E-state index in [9.17, 15) is 4.79 Å². The van der Waals surface area contributed by atoms with Gasteiger partial charge < -0.3 is 14.6 Å². The topological polar surface area (TPSA) is 69.0 Å². The number of carbonyl (C=O) groups is 1. The summed E-state index contributed by atoms with van der Waals surface area (Å²) < 4.78 is 8.34. The van der Waals surface area contributed by atoms with E-state index >= 15 is 0 Å². The van der Waals surface area contributed by atoms with Gasteiger partial charge in [0.2, 0.25) is 5.91 Å². The molecule has 0 aliphatic rings. The molecule has 0 fully saturated rings. The lowest BCUT2D eigenvalue weighted by Gasteiger charge is -2.13. The first kappa shape index (κ1) is 18.9. The molecule has 0 bridgehead atoms. The minimum absolute atomic E-state index is 0.0781. The van der Waals surface area contributed by atoms with Crippen molar-refractivity contribution in [2.45, 2.75) is 37.7 Å². The van der Waals surface area contributed by atoms with E-state index in [1.54, 1.807) is 7.11 Å².